The maximum absolute atomic E-state index is 12.9. The first-order valence-corrected chi connectivity index (χ1v) is 4.81. The molecule has 0 bridgehead atoms. The van der Waals surface area contributed by atoms with Crippen LogP contribution in [0.1, 0.15) is 17.5 Å². The zero-order valence-corrected chi connectivity index (χ0v) is 8.71. The first kappa shape index (κ1) is 10.7. The highest BCUT2D eigenvalue weighted by Gasteiger charge is 2.12. The molecule has 0 saturated carbocycles. The summed E-state index contributed by atoms with van der Waals surface area (Å²) < 4.78 is 12.9. The molecule has 1 N–H and O–H groups in total. The molecule has 0 aliphatic heterocycles. The lowest BCUT2D eigenvalue weighted by Gasteiger charge is -2.07. The maximum atomic E-state index is 12.9. The molecule has 2 aromatic rings. The van der Waals surface area contributed by atoms with Crippen molar-refractivity contribution < 1.29 is 9.50 Å². The van der Waals surface area contributed by atoms with Crippen molar-refractivity contribution in [2.24, 2.45) is 7.05 Å². The minimum absolute atomic E-state index is 0.220. The molecule has 1 heterocycles. The fourth-order valence-corrected chi connectivity index (χ4v) is 1.41. The van der Waals surface area contributed by atoms with Crippen LogP contribution >= 0.6 is 0 Å². The standard InChI is InChI=1S/C10H11FN4O/c1-15-13-10(12-14-15)6-9(16)7-3-2-4-8(11)5-7/h2-5,9,16H,6H2,1H3. The molecule has 84 valence electrons. The average molecular weight is 222 g/mol. The normalized spacial score (nSPS) is 12.7. The van der Waals surface area contributed by atoms with Crippen molar-refractivity contribution in [2.75, 3.05) is 0 Å². The molecule has 0 spiro atoms. The van der Waals surface area contributed by atoms with Crippen LogP contribution in [0.5, 0.6) is 0 Å². The Labute approximate surface area is 91.5 Å². The Morgan fingerprint density at radius 3 is 2.94 bits per heavy atom. The molecule has 0 aliphatic rings. The van der Waals surface area contributed by atoms with Crippen LogP contribution < -0.4 is 0 Å². The predicted octanol–water partition coefficient (Wildman–Crippen LogP) is 0.625. The van der Waals surface area contributed by atoms with Crippen molar-refractivity contribution in [1.29, 1.82) is 0 Å². The molecule has 1 atom stereocenters. The summed E-state index contributed by atoms with van der Waals surface area (Å²) in [6.45, 7) is 0. The fraction of sp³-hybridized carbons (Fsp3) is 0.300. The highest BCUT2D eigenvalue weighted by molar-refractivity contribution is 5.19. The second-order valence-corrected chi connectivity index (χ2v) is 3.47. The molecular weight excluding hydrogens is 211 g/mol. The number of aliphatic hydroxyl groups is 1. The number of aliphatic hydroxyl groups excluding tert-OH is 1. The molecule has 0 radical (unpaired) electrons. The van der Waals surface area contributed by atoms with E-state index in [2.05, 4.69) is 15.4 Å². The minimum Gasteiger partial charge on any atom is -0.388 e. The van der Waals surface area contributed by atoms with Gasteiger partial charge in [0, 0.05) is 6.42 Å². The Morgan fingerprint density at radius 1 is 1.50 bits per heavy atom. The van der Waals surface area contributed by atoms with Crippen LogP contribution in [0.15, 0.2) is 24.3 Å². The number of aryl methyl sites for hydroxylation is 1. The minimum atomic E-state index is -0.820. The largest absolute Gasteiger partial charge is 0.388 e. The van der Waals surface area contributed by atoms with E-state index in [1.807, 2.05) is 0 Å². The van der Waals surface area contributed by atoms with Gasteiger partial charge in [0.05, 0.1) is 13.2 Å². The molecule has 1 aromatic heterocycles. The number of rotatable bonds is 3. The summed E-state index contributed by atoms with van der Waals surface area (Å²) in [7, 11) is 1.64. The first-order chi connectivity index (χ1) is 7.65. The Bertz CT molecular complexity index is 485. The zero-order chi connectivity index (χ0) is 11.5. The molecule has 1 unspecified atom stereocenters. The van der Waals surface area contributed by atoms with Crippen molar-refractivity contribution in [3.8, 4) is 0 Å². The lowest BCUT2D eigenvalue weighted by molar-refractivity contribution is 0.175. The van der Waals surface area contributed by atoms with Gasteiger partial charge >= 0.3 is 0 Å². The van der Waals surface area contributed by atoms with E-state index in [9.17, 15) is 9.50 Å². The van der Waals surface area contributed by atoms with E-state index in [0.717, 1.165) is 0 Å². The molecule has 16 heavy (non-hydrogen) atoms. The van der Waals surface area contributed by atoms with E-state index < -0.39 is 6.10 Å². The van der Waals surface area contributed by atoms with Gasteiger partial charge < -0.3 is 5.11 Å². The molecule has 0 amide bonds. The van der Waals surface area contributed by atoms with Gasteiger partial charge in [0.2, 0.25) is 0 Å². The summed E-state index contributed by atoms with van der Waals surface area (Å²) >= 11 is 0. The molecule has 0 fully saturated rings. The number of hydrogen-bond donors (Lipinski definition) is 1. The third-order valence-corrected chi connectivity index (χ3v) is 2.16. The summed E-state index contributed by atoms with van der Waals surface area (Å²) in [6.07, 6.45) is -0.600. The lowest BCUT2D eigenvalue weighted by atomic mass is 10.1. The van der Waals surface area contributed by atoms with E-state index in [4.69, 9.17) is 0 Å². The molecule has 0 saturated heterocycles. The monoisotopic (exact) mass is 222 g/mol. The van der Waals surface area contributed by atoms with Gasteiger partial charge in [-0.1, -0.05) is 12.1 Å². The first-order valence-electron chi connectivity index (χ1n) is 4.81. The molecule has 6 heteroatoms. The van der Waals surface area contributed by atoms with Crippen LogP contribution in [0, 0.1) is 5.82 Å². The number of nitrogens with zero attached hydrogens (tertiary/aromatic N) is 4. The van der Waals surface area contributed by atoms with Crippen molar-refractivity contribution >= 4 is 0 Å². The Balaban J connectivity index is 2.11. The van der Waals surface area contributed by atoms with E-state index in [1.165, 1.54) is 16.9 Å². The van der Waals surface area contributed by atoms with Crippen LogP contribution in [-0.4, -0.2) is 25.3 Å². The number of benzene rings is 1. The van der Waals surface area contributed by atoms with Crippen LogP contribution in [0.3, 0.4) is 0 Å². The van der Waals surface area contributed by atoms with Gasteiger partial charge in [0.1, 0.15) is 5.82 Å². The van der Waals surface area contributed by atoms with E-state index in [-0.39, 0.29) is 12.2 Å². The second kappa shape index (κ2) is 4.36. The quantitative estimate of drug-likeness (QED) is 0.827. The summed E-state index contributed by atoms with van der Waals surface area (Å²) in [5.74, 6) is 0.0583. The second-order valence-electron chi connectivity index (χ2n) is 3.47. The van der Waals surface area contributed by atoms with E-state index in [1.54, 1.807) is 19.2 Å². The third kappa shape index (κ3) is 2.40. The summed E-state index contributed by atoms with van der Waals surface area (Å²) in [5, 5.41) is 21.2. The topological polar surface area (TPSA) is 63.8 Å². The van der Waals surface area contributed by atoms with Crippen molar-refractivity contribution in [3.63, 3.8) is 0 Å². The van der Waals surface area contributed by atoms with Gasteiger partial charge in [-0.05, 0) is 22.9 Å². The van der Waals surface area contributed by atoms with Crippen LogP contribution in [0.2, 0.25) is 0 Å². The predicted molar refractivity (Wildman–Crippen MR) is 53.9 cm³/mol. The highest BCUT2D eigenvalue weighted by Crippen LogP contribution is 2.16. The van der Waals surface area contributed by atoms with Crippen LogP contribution in [0.25, 0.3) is 0 Å². The average Bonchev–Trinajstić information content (AvgIpc) is 2.64. The smallest absolute Gasteiger partial charge is 0.177 e. The number of aromatic nitrogens is 4. The third-order valence-electron chi connectivity index (χ3n) is 2.16. The van der Waals surface area contributed by atoms with E-state index in [0.29, 0.717) is 11.4 Å². The van der Waals surface area contributed by atoms with Gasteiger partial charge in [-0.25, -0.2) is 4.39 Å². The highest BCUT2D eigenvalue weighted by atomic mass is 19.1. The van der Waals surface area contributed by atoms with Gasteiger partial charge in [0.15, 0.2) is 5.82 Å². The van der Waals surface area contributed by atoms with Gasteiger partial charge in [-0.15, -0.1) is 10.2 Å². The maximum Gasteiger partial charge on any atom is 0.177 e. The SMILES string of the molecule is Cn1nnc(CC(O)c2cccc(F)c2)n1. The zero-order valence-electron chi connectivity index (χ0n) is 8.71. The fourth-order valence-electron chi connectivity index (χ4n) is 1.41. The Kier molecular flexibility index (Phi) is 2.91. The summed E-state index contributed by atoms with van der Waals surface area (Å²) in [4.78, 5) is 1.31. The lowest BCUT2D eigenvalue weighted by Crippen LogP contribution is -2.04. The van der Waals surface area contributed by atoms with Crippen LogP contribution in [0.4, 0.5) is 4.39 Å². The van der Waals surface area contributed by atoms with Gasteiger partial charge in [-0.3, -0.25) is 0 Å². The summed E-state index contributed by atoms with van der Waals surface area (Å²) in [6, 6.07) is 5.83. The van der Waals surface area contributed by atoms with Gasteiger partial charge in [-0.2, -0.15) is 4.80 Å². The molecule has 0 aliphatic carbocycles. The summed E-state index contributed by atoms with van der Waals surface area (Å²) in [5.41, 5.74) is 0.507. The molecule has 1 aromatic carbocycles. The Hall–Kier alpha value is -1.82. The van der Waals surface area contributed by atoms with Crippen LogP contribution in [-0.2, 0) is 13.5 Å². The van der Waals surface area contributed by atoms with Crippen molar-refractivity contribution in [1.82, 2.24) is 20.2 Å². The van der Waals surface area contributed by atoms with E-state index >= 15 is 0 Å². The number of halogens is 1. The van der Waals surface area contributed by atoms with Gasteiger partial charge in [0.25, 0.3) is 0 Å². The molecule has 5 nitrogen and oxygen atoms in total. The molecule has 2 rings (SSSR count). The Morgan fingerprint density at radius 2 is 2.31 bits per heavy atom. The number of hydrogen-bond acceptors (Lipinski definition) is 4. The van der Waals surface area contributed by atoms with Crippen molar-refractivity contribution in [3.05, 3.63) is 41.5 Å². The molecular formula is C10H11FN4O. The van der Waals surface area contributed by atoms with Crippen molar-refractivity contribution in [2.45, 2.75) is 12.5 Å². The number of tetrazole rings is 1.